The zero-order valence-corrected chi connectivity index (χ0v) is 13.9. The van der Waals surface area contributed by atoms with Gasteiger partial charge in [0.05, 0.1) is 0 Å². The number of rotatable bonds is 5. The van der Waals surface area contributed by atoms with Gasteiger partial charge in [0.1, 0.15) is 6.61 Å². The Morgan fingerprint density at radius 1 is 1.39 bits per heavy atom. The summed E-state index contributed by atoms with van der Waals surface area (Å²) < 4.78 is 10.2. The van der Waals surface area contributed by atoms with Gasteiger partial charge in [0.2, 0.25) is 0 Å². The van der Waals surface area contributed by atoms with E-state index >= 15 is 0 Å². The number of hydrogen-bond acceptors (Lipinski definition) is 4. The largest absolute Gasteiger partial charge is 0.377 e. The Kier molecular flexibility index (Phi) is 4.14. The van der Waals surface area contributed by atoms with Crippen molar-refractivity contribution in [1.29, 1.82) is 0 Å². The lowest BCUT2D eigenvalue weighted by molar-refractivity contribution is 0.0696. The van der Waals surface area contributed by atoms with Gasteiger partial charge in [0.25, 0.3) is 5.91 Å². The van der Waals surface area contributed by atoms with Crippen LogP contribution >= 0.6 is 0 Å². The fourth-order valence-corrected chi connectivity index (χ4v) is 5.13. The standard InChI is InChI=1S/C18H26N2O3/c1-22-11-16-10-17(19-23-16)18(21)20-6-2-3-15(20)9-14-8-12-4-5-13(14)7-12/h10,12-15H,2-9,11H2,1H3/t12-,13-,14-,15+/m0/s1. The first-order chi connectivity index (χ1) is 11.2. The highest BCUT2D eigenvalue weighted by molar-refractivity contribution is 5.92. The third kappa shape index (κ3) is 2.91. The summed E-state index contributed by atoms with van der Waals surface area (Å²) in [6.45, 7) is 1.21. The van der Waals surface area contributed by atoms with E-state index in [1.54, 1.807) is 13.2 Å². The molecule has 4 rings (SSSR count). The number of carbonyl (C=O) groups excluding carboxylic acids is 1. The van der Waals surface area contributed by atoms with Crippen molar-refractivity contribution in [1.82, 2.24) is 10.1 Å². The Hall–Kier alpha value is -1.36. The zero-order valence-electron chi connectivity index (χ0n) is 13.9. The molecule has 1 aliphatic heterocycles. The first-order valence-corrected chi connectivity index (χ1v) is 9.00. The molecule has 2 heterocycles. The van der Waals surface area contributed by atoms with Crippen LogP contribution < -0.4 is 0 Å². The Morgan fingerprint density at radius 3 is 3.04 bits per heavy atom. The minimum Gasteiger partial charge on any atom is -0.377 e. The van der Waals surface area contributed by atoms with Gasteiger partial charge in [-0.3, -0.25) is 4.79 Å². The van der Waals surface area contributed by atoms with Crippen LogP contribution in [-0.2, 0) is 11.3 Å². The fraction of sp³-hybridized carbons (Fsp3) is 0.778. The summed E-state index contributed by atoms with van der Waals surface area (Å²) in [5.74, 6) is 3.38. The van der Waals surface area contributed by atoms with Gasteiger partial charge < -0.3 is 14.2 Å². The molecule has 23 heavy (non-hydrogen) atoms. The maximum atomic E-state index is 12.8. The van der Waals surface area contributed by atoms with Gasteiger partial charge in [0, 0.05) is 25.8 Å². The van der Waals surface area contributed by atoms with Gasteiger partial charge in [-0.15, -0.1) is 0 Å². The minimum atomic E-state index is 0.0294. The van der Waals surface area contributed by atoms with E-state index in [4.69, 9.17) is 9.26 Å². The molecule has 2 aliphatic carbocycles. The number of fused-ring (bicyclic) bond motifs is 2. The van der Waals surface area contributed by atoms with E-state index in [-0.39, 0.29) is 5.91 Å². The molecule has 1 saturated heterocycles. The second-order valence-corrected chi connectivity index (χ2v) is 7.58. The molecular weight excluding hydrogens is 292 g/mol. The molecule has 0 spiro atoms. The van der Waals surface area contributed by atoms with Crippen molar-refractivity contribution in [2.75, 3.05) is 13.7 Å². The lowest BCUT2D eigenvalue weighted by Gasteiger charge is -2.29. The van der Waals surface area contributed by atoms with Crippen LogP contribution in [0.1, 0.15) is 61.2 Å². The van der Waals surface area contributed by atoms with E-state index in [1.165, 1.54) is 32.1 Å². The van der Waals surface area contributed by atoms with Crippen LogP contribution in [0.3, 0.4) is 0 Å². The molecule has 1 aromatic heterocycles. The van der Waals surface area contributed by atoms with Crippen LogP contribution in [0.15, 0.2) is 10.6 Å². The first kappa shape index (κ1) is 15.2. The number of ether oxygens (including phenoxy) is 1. The second kappa shape index (κ2) is 6.27. The Morgan fingerprint density at radius 2 is 2.30 bits per heavy atom. The zero-order chi connectivity index (χ0) is 15.8. The molecule has 1 amide bonds. The maximum absolute atomic E-state index is 12.8. The van der Waals surface area contributed by atoms with Gasteiger partial charge in [0.15, 0.2) is 11.5 Å². The molecule has 5 heteroatoms. The van der Waals surface area contributed by atoms with Crippen molar-refractivity contribution in [3.05, 3.63) is 17.5 Å². The molecule has 0 radical (unpaired) electrons. The molecule has 0 unspecified atom stereocenters. The lowest BCUT2D eigenvalue weighted by atomic mass is 9.83. The first-order valence-electron chi connectivity index (χ1n) is 9.00. The Balaban J connectivity index is 1.41. The summed E-state index contributed by atoms with van der Waals surface area (Å²) >= 11 is 0. The number of methoxy groups -OCH3 is 1. The van der Waals surface area contributed by atoms with Crippen molar-refractivity contribution in [3.63, 3.8) is 0 Å². The number of amides is 1. The molecule has 3 fully saturated rings. The summed E-state index contributed by atoms with van der Waals surface area (Å²) in [5.41, 5.74) is 0.428. The molecule has 3 aliphatic rings. The molecular formula is C18H26N2O3. The van der Waals surface area contributed by atoms with Crippen LogP contribution in [0.2, 0.25) is 0 Å². The Bertz CT molecular complexity index is 570. The molecule has 2 bridgehead atoms. The molecule has 0 N–H and O–H groups in total. The topological polar surface area (TPSA) is 55.6 Å². The lowest BCUT2D eigenvalue weighted by Crippen LogP contribution is -2.37. The van der Waals surface area contributed by atoms with E-state index in [0.717, 1.165) is 37.1 Å². The predicted molar refractivity (Wildman–Crippen MR) is 84.8 cm³/mol. The van der Waals surface area contributed by atoms with Crippen LogP contribution in [0.25, 0.3) is 0 Å². The number of aromatic nitrogens is 1. The minimum absolute atomic E-state index is 0.0294. The van der Waals surface area contributed by atoms with Crippen LogP contribution in [0.4, 0.5) is 0 Å². The molecule has 0 aromatic carbocycles. The van der Waals surface area contributed by atoms with Gasteiger partial charge in [-0.2, -0.15) is 0 Å². The van der Waals surface area contributed by atoms with Crippen LogP contribution in [0.5, 0.6) is 0 Å². The van der Waals surface area contributed by atoms with Crippen molar-refractivity contribution in [2.24, 2.45) is 17.8 Å². The Labute approximate surface area is 137 Å². The van der Waals surface area contributed by atoms with E-state index in [1.807, 2.05) is 4.90 Å². The average Bonchev–Trinajstić information content (AvgIpc) is 3.31. The predicted octanol–water partition coefficient (Wildman–Crippen LogP) is 3.25. The molecule has 4 atom stereocenters. The summed E-state index contributed by atoms with van der Waals surface area (Å²) in [6, 6.07) is 2.12. The quantitative estimate of drug-likeness (QED) is 0.836. The normalized spacial score (nSPS) is 32.8. The third-order valence-corrected chi connectivity index (χ3v) is 6.16. The number of nitrogens with zero attached hydrogens (tertiary/aromatic N) is 2. The van der Waals surface area contributed by atoms with Gasteiger partial charge in [-0.05, 0) is 56.3 Å². The number of hydrogen-bond donors (Lipinski definition) is 0. The van der Waals surface area contributed by atoms with Crippen molar-refractivity contribution < 1.29 is 14.1 Å². The van der Waals surface area contributed by atoms with E-state index in [9.17, 15) is 4.79 Å². The third-order valence-electron chi connectivity index (χ3n) is 6.16. The van der Waals surface area contributed by atoms with Crippen LogP contribution in [-0.4, -0.2) is 35.7 Å². The summed E-state index contributed by atoms with van der Waals surface area (Å²) in [6.07, 6.45) is 9.13. The van der Waals surface area contributed by atoms with Gasteiger partial charge >= 0.3 is 0 Å². The highest BCUT2D eigenvalue weighted by Gasteiger charge is 2.42. The number of likely N-dealkylation sites (tertiary alicyclic amines) is 1. The summed E-state index contributed by atoms with van der Waals surface area (Å²) in [4.78, 5) is 14.8. The second-order valence-electron chi connectivity index (χ2n) is 7.58. The van der Waals surface area contributed by atoms with E-state index in [2.05, 4.69) is 5.16 Å². The molecule has 5 nitrogen and oxygen atoms in total. The molecule has 1 aromatic rings. The monoisotopic (exact) mass is 318 g/mol. The highest BCUT2D eigenvalue weighted by Crippen LogP contribution is 2.50. The van der Waals surface area contributed by atoms with Crippen molar-refractivity contribution in [2.45, 2.75) is 57.6 Å². The van der Waals surface area contributed by atoms with Gasteiger partial charge in [-0.1, -0.05) is 11.6 Å². The SMILES string of the molecule is COCc1cc(C(=O)N2CCC[C@@H]2C[C@@H]2C[C@H]3CC[C@H]2C3)no1. The molecule has 2 saturated carbocycles. The van der Waals surface area contributed by atoms with Crippen molar-refractivity contribution >= 4 is 5.91 Å². The van der Waals surface area contributed by atoms with Crippen LogP contribution in [0, 0.1) is 17.8 Å². The molecule has 126 valence electrons. The maximum Gasteiger partial charge on any atom is 0.276 e. The average molecular weight is 318 g/mol. The fourth-order valence-electron chi connectivity index (χ4n) is 5.13. The van der Waals surface area contributed by atoms with Crippen molar-refractivity contribution in [3.8, 4) is 0 Å². The highest BCUT2D eigenvalue weighted by atomic mass is 16.5. The van der Waals surface area contributed by atoms with Gasteiger partial charge in [-0.25, -0.2) is 0 Å². The summed E-state index contributed by atoms with van der Waals surface area (Å²) in [7, 11) is 1.61. The van der Waals surface area contributed by atoms with E-state index in [0.29, 0.717) is 24.1 Å². The summed E-state index contributed by atoms with van der Waals surface area (Å²) in [5, 5.41) is 3.94. The van der Waals surface area contributed by atoms with E-state index < -0.39 is 0 Å². The smallest absolute Gasteiger partial charge is 0.276 e. The number of carbonyl (C=O) groups is 1.